The van der Waals surface area contributed by atoms with Crippen molar-refractivity contribution in [3.8, 4) is 0 Å². The molecule has 128 valence electrons. The lowest BCUT2D eigenvalue weighted by atomic mass is 10.1. The number of benzene rings is 1. The second-order valence-electron chi connectivity index (χ2n) is 4.43. The fraction of sp³-hybridized carbons (Fsp3) is 0.364. The second-order valence-corrected chi connectivity index (χ2v) is 4.43. The average Bonchev–Trinajstić information content (AvgIpc) is 2.79. The van der Waals surface area contributed by atoms with Crippen LogP contribution in [0.5, 0.6) is 0 Å². The first-order chi connectivity index (χ1) is 10.2. The van der Waals surface area contributed by atoms with Gasteiger partial charge in [0.15, 0.2) is 5.82 Å². The van der Waals surface area contributed by atoms with E-state index in [0.717, 1.165) is 12.1 Å². The van der Waals surface area contributed by atoms with Crippen LogP contribution in [0.3, 0.4) is 0 Å². The fourth-order valence-corrected chi connectivity index (χ4v) is 1.74. The van der Waals surface area contributed by atoms with Crippen LogP contribution in [-0.2, 0) is 12.1 Å². The number of nitrogens with zero attached hydrogens (tertiary/aromatic N) is 1. The normalized spacial score (nSPS) is 14.5. The Morgan fingerprint density at radius 1 is 0.826 bits per heavy atom. The third-order valence-electron chi connectivity index (χ3n) is 2.87. The Bertz CT molecular complexity index is 724. The number of imidazole rings is 1. The highest BCUT2D eigenvalue weighted by Gasteiger charge is 2.75. The summed E-state index contributed by atoms with van der Waals surface area (Å²) in [7, 11) is 0. The first kappa shape index (κ1) is 17.3. The number of nitrogens with one attached hydrogen (secondary N) is 1. The molecule has 0 saturated heterocycles. The van der Waals surface area contributed by atoms with Crippen LogP contribution in [0.4, 0.5) is 43.9 Å². The van der Waals surface area contributed by atoms with Gasteiger partial charge < -0.3 is 4.98 Å². The molecule has 0 bridgehead atoms. The minimum absolute atomic E-state index is 0.424. The van der Waals surface area contributed by atoms with Gasteiger partial charge >= 0.3 is 24.2 Å². The Morgan fingerprint density at radius 3 is 1.87 bits per heavy atom. The summed E-state index contributed by atoms with van der Waals surface area (Å²) in [5.41, 5.74) is -3.50. The molecule has 0 atom stereocenters. The molecular formula is C11H4F10N2. The molecule has 2 rings (SSSR count). The van der Waals surface area contributed by atoms with E-state index in [-0.39, 0.29) is 0 Å². The van der Waals surface area contributed by atoms with Gasteiger partial charge in [0.05, 0.1) is 11.1 Å². The number of hydrogen-bond acceptors (Lipinski definition) is 1. The van der Waals surface area contributed by atoms with Gasteiger partial charge in [0.2, 0.25) is 0 Å². The quantitative estimate of drug-likeness (QED) is 0.766. The molecule has 12 heteroatoms. The van der Waals surface area contributed by atoms with Crippen LogP contribution in [0.1, 0.15) is 11.4 Å². The van der Waals surface area contributed by atoms with Crippen molar-refractivity contribution in [1.29, 1.82) is 0 Å². The molecule has 2 aromatic rings. The lowest BCUT2D eigenvalue weighted by Crippen LogP contribution is -2.50. The number of fused-ring (bicyclic) bond motifs is 1. The van der Waals surface area contributed by atoms with E-state index in [1.54, 1.807) is 0 Å². The number of aromatic amines is 1. The standard InChI is InChI=1S/C11H4F10N2/c12-8(13,10(17,18)11(19,20)21)7-22-5-3-1-2-4(6(5)23-7)9(14,15)16/h1-3H,(H,22,23). The molecule has 0 aliphatic heterocycles. The van der Waals surface area contributed by atoms with E-state index < -0.39 is 46.6 Å². The SMILES string of the molecule is FC(F)(F)c1cccc2[nH]c(C(F)(F)C(F)(F)C(F)(F)F)nc12. The van der Waals surface area contributed by atoms with Crippen molar-refractivity contribution in [2.24, 2.45) is 0 Å². The Hall–Kier alpha value is -2.01. The van der Waals surface area contributed by atoms with Gasteiger partial charge in [0.1, 0.15) is 5.52 Å². The molecule has 0 fully saturated rings. The fourth-order valence-electron chi connectivity index (χ4n) is 1.74. The van der Waals surface area contributed by atoms with E-state index in [0.29, 0.717) is 6.07 Å². The zero-order chi connectivity index (χ0) is 17.8. The molecule has 0 amide bonds. The van der Waals surface area contributed by atoms with Crippen LogP contribution in [0.15, 0.2) is 18.2 Å². The molecule has 0 spiro atoms. The van der Waals surface area contributed by atoms with Gasteiger partial charge in [-0.15, -0.1) is 0 Å². The summed E-state index contributed by atoms with van der Waals surface area (Å²) in [5.74, 6) is -14.6. The number of H-pyrrole nitrogens is 1. The van der Waals surface area contributed by atoms with Crippen molar-refractivity contribution in [3.05, 3.63) is 29.6 Å². The minimum atomic E-state index is -6.62. The van der Waals surface area contributed by atoms with E-state index in [1.807, 2.05) is 0 Å². The van der Waals surface area contributed by atoms with Gasteiger partial charge in [0.25, 0.3) is 0 Å². The summed E-state index contributed by atoms with van der Waals surface area (Å²) in [6, 6.07) is 1.96. The lowest BCUT2D eigenvalue weighted by Gasteiger charge is -2.26. The number of para-hydroxylation sites is 1. The number of alkyl halides is 10. The van der Waals surface area contributed by atoms with Gasteiger partial charge in [0, 0.05) is 0 Å². The maximum absolute atomic E-state index is 13.5. The molecule has 1 N–H and O–H groups in total. The highest BCUT2D eigenvalue weighted by molar-refractivity contribution is 5.79. The molecule has 0 radical (unpaired) electrons. The van der Waals surface area contributed by atoms with E-state index in [2.05, 4.69) is 4.98 Å². The Labute approximate surface area is 120 Å². The van der Waals surface area contributed by atoms with Crippen molar-refractivity contribution < 1.29 is 43.9 Å². The molecule has 1 aromatic carbocycles. The van der Waals surface area contributed by atoms with Crippen LogP contribution < -0.4 is 0 Å². The summed E-state index contributed by atoms with van der Waals surface area (Å²) in [5, 5.41) is 0. The summed E-state index contributed by atoms with van der Waals surface area (Å²) >= 11 is 0. The summed E-state index contributed by atoms with van der Waals surface area (Å²) in [6.07, 6.45) is -11.7. The summed E-state index contributed by atoms with van der Waals surface area (Å²) < 4.78 is 127. The number of aromatic nitrogens is 2. The van der Waals surface area contributed by atoms with Crippen molar-refractivity contribution in [2.75, 3.05) is 0 Å². The smallest absolute Gasteiger partial charge is 0.337 e. The average molecular weight is 354 g/mol. The van der Waals surface area contributed by atoms with E-state index in [9.17, 15) is 43.9 Å². The molecular weight excluding hydrogens is 350 g/mol. The first-order valence-corrected chi connectivity index (χ1v) is 5.58. The van der Waals surface area contributed by atoms with Crippen LogP contribution in [0, 0.1) is 0 Å². The largest absolute Gasteiger partial charge is 0.460 e. The van der Waals surface area contributed by atoms with Crippen LogP contribution in [0.25, 0.3) is 11.0 Å². The third-order valence-corrected chi connectivity index (χ3v) is 2.87. The van der Waals surface area contributed by atoms with Crippen molar-refractivity contribution in [3.63, 3.8) is 0 Å². The number of halogens is 10. The summed E-state index contributed by atoms with van der Waals surface area (Å²) in [6.45, 7) is 0. The molecule has 1 heterocycles. The predicted molar refractivity (Wildman–Crippen MR) is 56.0 cm³/mol. The van der Waals surface area contributed by atoms with Gasteiger partial charge in [-0.1, -0.05) is 6.07 Å². The molecule has 0 unspecified atom stereocenters. The van der Waals surface area contributed by atoms with Gasteiger partial charge in [-0.05, 0) is 12.1 Å². The van der Waals surface area contributed by atoms with Crippen molar-refractivity contribution >= 4 is 11.0 Å². The molecule has 2 nitrogen and oxygen atoms in total. The Morgan fingerprint density at radius 2 is 1.39 bits per heavy atom. The number of rotatable bonds is 2. The highest BCUT2D eigenvalue weighted by atomic mass is 19.4. The topological polar surface area (TPSA) is 28.7 Å². The Balaban J connectivity index is 2.66. The molecule has 0 aliphatic carbocycles. The molecule has 1 aromatic heterocycles. The zero-order valence-electron chi connectivity index (χ0n) is 10.5. The second kappa shape index (κ2) is 4.74. The zero-order valence-corrected chi connectivity index (χ0v) is 10.5. The lowest BCUT2D eigenvalue weighted by molar-refractivity contribution is -0.361. The van der Waals surface area contributed by atoms with Crippen molar-refractivity contribution in [2.45, 2.75) is 24.2 Å². The maximum Gasteiger partial charge on any atom is 0.460 e. The summed E-state index contributed by atoms with van der Waals surface area (Å²) in [4.78, 5) is 4.01. The molecule has 0 aliphatic rings. The van der Waals surface area contributed by atoms with Gasteiger partial charge in [-0.25, -0.2) is 4.98 Å². The van der Waals surface area contributed by atoms with Crippen LogP contribution in [-0.4, -0.2) is 22.1 Å². The minimum Gasteiger partial charge on any atom is -0.337 e. The van der Waals surface area contributed by atoms with Crippen LogP contribution in [0.2, 0.25) is 0 Å². The van der Waals surface area contributed by atoms with Gasteiger partial charge in [-0.3, -0.25) is 0 Å². The molecule has 0 saturated carbocycles. The van der Waals surface area contributed by atoms with Crippen molar-refractivity contribution in [1.82, 2.24) is 9.97 Å². The highest BCUT2D eigenvalue weighted by Crippen LogP contribution is 2.51. The first-order valence-electron chi connectivity index (χ1n) is 5.58. The third kappa shape index (κ3) is 2.59. The van der Waals surface area contributed by atoms with E-state index in [1.165, 1.54) is 4.98 Å². The Kier molecular flexibility index (Phi) is 3.58. The van der Waals surface area contributed by atoms with E-state index in [4.69, 9.17) is 0 Å². The maximum atomic E-state index is 13.5. The monoisotopic (exact) mass is 354 g/mol. The predicted octanol–water partition coefficient (Wildman–Crippen LogP) is 4.87. The van der Waals surface area contributed by atoms with Gasteiger partial charge in [-0.2, -0.15) is 43.9 Å². The van der Waals surface area contributed by atoms with E-state index >= 15 is 0 Å². The molecule has 23 heavy (non-hydrogen) atoms. The number of hydrogen-bond donors (Lipinski definition) is 1. The van der Waals surface area contributed by atoms with Crippen LogP contribution >= 0.6 is 0 Å².